The predicted octanol–water partition coefficient (Wildman–Crippen LogP) is 2.09. The fourth-order valence-corrected chi connectivity index (χ4v) is 4.62. The average Bonchev–Trinajstić information content (AvgIpc) is 3.07. The van der Waals surface area contributed by atoms with Crippen LogP contribution in [0.2, 0.25) is 0 Å². The molecule has 1 aromatic carbocycles. The Labute approximate surface area is 137 Å². The van der Waals surface area contributed by atoms with Crippen molar-refractivity contribution in [2.24, 2.45) is 17.8 Å². The fourth-order valence-electron chi connectivity index (χ4n) is 4.03. The second kappa shape index (κ2) is 6.57. The van der Waals surface area contributed by atoms with E-state index in [0.29, 0.717) is 17.5 Å². The van der Waals surface area contributed by atoms with Crippen molar-refractivity contribution in [2.75, 3.05) is 18.2 Å². The van der Waals surface area contributed by atoms with Crippen molar-refractivity contribution in [2.45, 2.75) is 30.2 Å². The average molecular weight is 340 g/mol. The fraction of sp³-hybridized carbons (Fsp3) is 0.562. The molecule has 0 aliphatic heterocycles. The van der Waals surface area contributed by atoms with Gasteiger partial charge in [0.15, 0.2) is 0 Å². The molecule has 0 aromatic heterocycles. The van der Waals surface area contributed by atoms with Crippen molar-refractivity contribution in [3.05, 3.63) is 24.0 Å². The van der Waals surface area contributed by atoms with Crippen molar-refractivity contribution < 1.29 is 18.5 Å². The van der Waals surface area contributed by atoms with E-state index in [0.717, 1.165) is 19.3 Å². The lowest BCUT2D eigenvalue weighted by molar-refractivity contribution is 0.146. The van der Waals surface area contributed by atoms with E-state index in [4.69, 9.17) is 0 Å². The molecule has 2 saturated carbocycles. The van der Waals surface area contributed by atoms with E-state index in [1.165, 1.54) is 24.5 Å². The molecule has 1 aromatic rings. The molecule has 3 rings (SSSR count). The van der Waals surface area contributed by atoms with Crippen LogP contribution in [0.5, 0.6) is 0 Å². The number of carbonyl (C=O) groups is 1. The standard InChI is InChI=1S/C16H21FN2O3S/c1-23(22)14-5-4-11(7-13(14)17)18-16(21)19-15-10-3-2-9(6-10)12(15)8-20/h4-5,7,9-10,12,15,20H,2-3,6,8H2,1H3,(H2,18,19,21). The molecule has 3 N–H and O–H groups in total. The molecule has 2 aliphatic rings. The minimum absolute atomic E-state index is 0.0222. The van der Waals surface area contributed by atoms with Crippen LogP contribution in [0.3, 0.4) is 0 Å². The largest absolute Gasteiger partial charge is 0.396 e. The predicted molar refractivity (Wildman–Crippen MR) is 86.1 cm³/mol. The van der Waals surface area contributed by atoms with Crippen LogP contribution in [0.25, 0.3) is 0 Å². The molecule has 0 spiro atoms. The Balaban J connectivity index is 1.63. The summed E-state index contributed by atoms with van der Waals surface area (Å²) in [4.78, 5) is 12.3. The maximum absolute atomic E-state index is 13.8. The summed E-state index contributed by atoms with van der Waals surface area (Å²) in [6, 6.07) is 3.69. The van der Waals surface area contributed by atoms with Gasteiger partial charge in [-0.15, -0.1) is 0 Å². The third-order valence-corrected chi connectivity index (χ3v) is 6.05. The lowest BCUT2D eigenvalue weighted by Crippen LogP contribution is -2.46. The first-order valence-electron chi connectivity index (χ1n) is 7.81. The zero-order valence-corrected chi connectivity index (χ0v) is 13.7. The number of benzene rings is 1. The Kier molecular flexibility index (Phi) is 4.68. The highest BCUT2D eigenvalue weighted by Crippen LogP contribution is 2.48. The van der Waals surface area contributed by atoms with E-state index in [-0.39, 0.29) is 23.5 Å². The second-order valence-corrected chi connectivity index (χ2v) is 7.75. The van der Waals surface area contributed by atoms with E-state index in [1.54, 1.807) is 0 Å². The van der Waals surface area contributed by atoms with E-state index in [2.05, 4.69) is 10.6 Å². The summed E-state index contributed by atoms with van der Waals surface area (Å²) in [6.45, 7) is 0.0811. The molecule has 5 atom stereocenters. The third-order valence-electron chi connectivity index (χ3n) is 5.10. The van der Waals surface area contributed by atoms with Gasteiger partial charge < -0.3 is 15.7 Å². The molecule has 2 fully saturated rings. The van der Waals surface area contributed by atoms with E-state index >= 15 is 0 Å². The molecule has 5 unspecified atom stereocenters. The Morgan fingerprint density at radius 2 is 2.13 bits per heavy atom. The molecular weight excluding hydrogens is 319 g/mol. The number of rotatable bonds is 4. The summed E-state index contributed by atoms with van der Waals surface area (Å²) in [5.74, 6) is 0.425. The minimum atomic E-state index is -1.40. The molecule has 0 saturated heterocycles. The van der Waals surface area contributed by atoms with Crippen LogP contribution in [0, 0.1) is 23.6 Å². The molecular formula is C16H21FN2O3S. The number of hydrogen-bond acceptors (Lipinski definition) is 3. The van der Waals surface area contributed by atoms with Gasteiger partial charge in [-0.1, -0.05) is 0 Å². The molecule has 23 heavy (non-hydrogen) atoms. The minimum Gasteiger partial charge on any atom is -0.396 e. The van der Waals surface area contributed by atoms with E-state index < -0.39 is 22.6 Å². The van der Waals surface area contributed by atoms with Crippen LogP contribution in [-0.4, -0.2) is 34.3 Å². The third kappa shape index (κ3) is 3.26. The highest BCUT2D eigenvalue weighted by Gasteiger charge is 2.47. The smallest absolute Gasteiger partial charge is 0.319 e. The van der Waals surface area contributed by atoms with E-state index in [9.17, 15) is 18.5 Å². The van der Waals surface area contributed by atoms with Gasteiger partial charge in [-0.2, -0.15) is 0 Å². The first kappa shape index (κ1) is 16.4. The number of nitrogens with one attached hydrogen (secondary N) is 2. The highest BCUT2D eigenvalue weighted by molar-refractivity contribution is 7.84. The SMILES string of the molecule is CS(=O)c1ccc(NC(=O)NC2C3CCC(C3)C2CO)cc1F. The van der Waals surface area contributed by atoms with Crippen molar-refractivity contribution in [1.82, 2.24) is 5.32 Å². The Morgan fingerprint density at radius 1 is 1.39 bits per heavy atom. The molecule has 0 radical (unpaired) electrons. The summed E-state index contributed by atoms with van der Waals surface area (Å²) in [7, 11) is -1.40. The van der Waals surface area contributed by atoms with Crippen LogP contribution in [0.15, 0.2) is 23.1 Å². The lowest BCUT2D eigenvalue weighted by Gasteiger charge is -2.30. The van der Waals surface area contributed by atoms with Crippen molar-refractivity contribution >= 4 is 22.5 Å². The zero-order valence-electron chi connectivity index (χ0n) is 12.9. The zero-order chi connectivity index (χ0) is 16.6. The molecule has 0 heterocycles. The van der Waals surface area contributed by atoms with Gasteiger partial charge in [-0.25, -0.2) is 9.18 Å². The quantitative estimate of drug-likeness (QED) is 0.785. The molecule has 2 amide bonds. The summed E-state index contributed by atoms with van der Waals surface area (Å²) in [5.41, 5.74) is 0.318. The first-order chi connectivity index (χ1) is 11.0. The lowest BCUT2D eigenvalue weighted by atomic mass is 9.85. The van der Waals surface area contributed by atoms with Gasteiger partial charge >= 0.3 is 6.03 Å². The van der Waals surface area contributed by atoms with Crippen LogP contribution in [-0.2, 0) is 10.8 Å². The van der Waals surface area contributed by atoms with Gasteiger partial charge in [0.25, 0.3) is 0 Å². The molecule has 2 bridgehead atoms. The monoisotopic (exact) mass is 340 g/mol. The van der Waals surface area contributed by atoms with Gasteiger partial charge in [0, 0.05) is 30.5 Å². The molecule has 126 valence electrons. The number of fused-ring (bicyclic) bond motifs is 2. The van der Waals surface area contributed by atoms with Gasteiger partial charge in [0.1, 0.15) is 5.82 Å². The van der Waals surface area contributed by atoms with Crippen molar-refractivity contribution in [1.29, 1.82) is 0 Å². The van der Waals surface area contributed by atoms with Crippen LogP contribution in [0.1, 0.15) is 19.3 Å². The summed E-state index contributed by atoms with van der Waals surface area (Å²) in [6.07, 6.45) is 4.67. The number of halogens is 1. The second-order valence-electron chi connectivity index (χ2n) is 6.40. The Hall–Kier alpha value is -1.47. The van der Waals surface area contributed by atoms with Crippen LogP contribution >= 0.6 is 0 Å². The normalized spacial score (nSPS) is 30.2. The highest BCUT2D eigenvalue weighted by atomic mass is 32.2. The maximum Gasteiger partial charge on any atom is 0.319 e. The van der Waals surface area contributed by atoms with E-state index in [1.807, 2.05) is 0 Å². The van der Waals surface area contributed by atoms with Gasteiger partial charge in [0.2, 0.25) is 0 Å². The number of amides is 2. The van der Waals surface area contributed by atoms with Crippen molar-refractivity contribution in [3.63, 3.8) is 0 Å². The Morgan fingerprint density at radius 3 is 2.78 bits per heavy atom. The van der Waals surface area contributed by atoms with Crippen molar-refractivity contribution in [3.8, 4) is 0 Å². The van der Waals surface area contributed by atoms with Gasteiger partial charge in [-0.3, -0.25) is 4.21 Å². The number of carbonyl (C=O) groups excluding carboxylic acids is 1. The summed E-state index contributed by atoms with van der Waals surface area (Å²) >= 11 is 0. The van der Waals surface area contributed by atoms with Crippen LogP contribution in [0.4, 0.5) is 14.9 Å². The Bertz CT molecular complexity index is 640. The summed E-state index contributed by atoms with van der Waals surface area (Å²) < 4.78 is 25.1. The number of urea groups is 1. The maximum atomic E-state index is 13.8. The molecule has 7 heteroatoms. The van der Waals surface area contributed by atoms with Gasteiger partial charge in [0.05, 0.1) is 15.7 Å². The number of aliphatic hydroxyl groups is 1. The van der Waals surface area contributed by atoms with Gasteiger partial charge in [-0.05, 0) is 49.3 Å². The number of hydrogen-bond donors (Lipinski definition) is 3. The number of aliphatic hydroxyl groups excluding tert-OH is 1. The molecule has 5 nitrogen and oxygen atoms in total. The topological polar surface area (TPSA) is 78.4 Å². The first-order valence-corrected chi connectivity index (χ1v) is 9.36. The molecule has 2 aliphatic carbocycles. The van der Waals surface area contributed by atoms with Crippen LogP contribution < -0.4 is 10.6 Å². The number of anilines is 1. The summed E-state index contributed by atoms with van der Waals surface area (Å²) in [5, 5.41) is 15.1.